The van der Waals surface area contributed by atoms with E-state index in [0.29, 0.717) is 27.6 Å². The van der Waals surface area contributed by atoms with E-state index in [1.54, 1.807) is 73.7 Å². The number of ether oxygens (including phenoxy) is 2. The van der Waals surface area contributed by atoms with E-state index in [0.717, 1.165) is 4.47 Å². The third kappa shape index (κ3) is 6.67. The molecule has 0 saturated heterocycles. The second kappa shape index (κ2) is 10.7. The van der Waals surface area contributed by atoms with Crippen LogP contribution in [0.15, 0.2) is 82.4 Å². The van der Waals surface area contributed by atoms with E-state index < -0.39 is 18.0 Å². The standard InChI is InChI=1S/C23H18BrClN2O4/c1-15(30-20-10-8-19(25)9-11-20)22(28)27-26-14-17-13-18(24)7-12-21(17)31-23(29)16-5-3-2-4-6-16/h2-15H,1H3,(H,27,28)/b26-14+. The number of hydrogen-bond acceptors (Lipinski definition) is 5. The summed E-state index contributed by atoms with van der Waals surface area (Å²) in [6, 6.07) is 20.4. The van der Waals surface area contributed by atoms with Gasteiger partial charge >= 0.3 is 5.97 Å². The molecule has 158 valence electrons. The second-order valence-corrected chi connectivity index (χ2v) is 7.74. The molecule has 0 saturated carbocycles. The molecule has 1 amide bonds. The normalized spacial score (nSPS) is 11.7. The number of benzene rings is 3. The van der Waals surface area contributed by atoms with Gasteiger partial charge in [0.15, 0.2) is 6.10 Å². The summed E-state index contributed by atoms with van der Waals surface area (Å²) < 4.78 is 11.8. The average molecular weight is 502 g/mol. The van der Waals surface area contributed by atoms with Crippen LogP contribution in [0.25, 0.3) is 0 Å². The first-order chi connectivity index (χ1) is 14.9. The predicted molar refractivity (Wildman–Crippen MR) is 123 cm³/mol. The summed E-state index contributed by atoms with van der Waals surface area (Å²) in [6.45, 7) is 1.60. The number of nitrogens with one attached hydrogen (secondary N) is 1. The van der Waals surface area contributed by atoms with Crippen molar-refractivity contribution < 1.29 is 19.1 Å². The van der Waals surface area contributed by atoms with Crippen LogP contribution in [0.4, 0.5) is 0 Å². The van der Waals surface area contributed by atoms with Crippen molar-refractivity contribution in [2.45, 2.75) is 13.0 Å². The molecule has 8 heteroatoms. The molecule has 0 bridgehead atoms. The van der Waals surface area contributed by atoms with E-state index in [9.17, 15) is 9.59 Å². The van der Waals surface area contributed by atoms with Crippen LogP contribution in [0.5, 0.6) is 11.5 Å². The summed E-state index contributed by atoms with van der Waals surface area (Å²) in [5, 5.41) is 4.54. The molecular weight excluding hydrogens is 484 g/mol. The van der Waals surface area contributed by atoms with Gasteiger partial charge in [0.2, 0.25) is 0 Å². The molecule has 0 aliphatic heterocycles. The fraction of sp³-hybridized carbons (Fsp3) is 0.0870. The van der Waals surface area contributed by atoms with E-state index in [1.807, 2.05) is 6.07 Å². The summed E-state index contributed by atoms with van der Waals surface area (Å²) in [7, 11) is 0. The lowest BCUT2D eigenvalue weighted by Gasteiger charge is -2.13. The SMILES string of the molecule is CC(Oc1ccc(Cl)cc1)C(=O)N/N=C/c1cc(Br)ccc1OC(=O)c1ccccc1. The predicted octanol–water partition coefficient (Wildman–Crippen LogP) is 5.24. The van der Waals surface area contributed by atoms with Gasteiger partial charge in [-0.05, 0) is 61.5 Å². The van der Waals surface area contributed by atoms with Gasteiger partial charge < -0.3 is 9.47 Å². The van der Waals surface area contributed by atoms with Crippen LogP contribution >= 0.6 is 27.5 Å². The van der Waals surface area contributed by atoms with Crippen molar-refractivity contribution in [2.24, 2.45) is 5.10 Å². The fourth-order valence-corrected chi connectivity index (χ4v) is 2.98. The molecule has 0 radical (unpaired) electrons. The Morgan fingerprint density at radius 1 is 1.06 bits per heavy atom. The van der Waals surface area contributed by atoms with Crippen molar-refractivity contribution in [3.8, 4) is 11.5 Å². The molecule has 0 aliphatic rings. The molecule has 0 spiro atoms. The zero-order valence-electron chi connectivity index (χ0n) is 16.4. The average Bonchev–Trinajstić information content (AvgIpc) is 2.77. The third-order valence-corrected chi connectivity index (χ3v) is 4.80. The highest BCUT2D eigenvalue weighted by Gasteiger charge is 2.14. The summed E-state index contributed by atoms with van der Waals surface area (Å²) in [6.07, 6.45) is 0.613. The third-order valence-electron chi connectivity index (χ3n) is 4.06. The largest absolute Gasteiger partial charge is 0.481 e. The Hall–Kier alpha value is -3.16. The number of carbonyl (C=O) groups excluding carboxylic acids is 2. The number of carbonyl (C=O) groups is 2. The first kappa shape index (κ1) is 22.5. The van der Waals surface area contributed by atoms with E-state index in [-0.39, 0.29) is 0 Å². The molecule has 0 aliphatic carbocycles. The van der Waals surface area contributed by atoms with Crippen LogP contribution in [0, 0.1) is 0 Å². The minimum absolute atomic E-state index is 0.306. The molecule has 3 rings (SSSR count). The Morgan fingerprint density at radius 2 is 1.77 bits per heavy atom. The molecule has 31 heavy (non-hydrogen) atoms. The van der Waals surface area contributed by atoms with Gasteiger partial charge in [-0.15, -0.1) is 0 Å². The summed E-state index contributed by atoms with van der Waals surface area (Å²) in [4.78, 5) is 24.6. The van der Waals surface area contributed by atoms with Gasteiger partial charge in [0.25, 0.3) is 5.91 Å². The van der Waals surface area contributed by atoms with Crippen molar-refractivity contribution in [1.82, 2.24) is 5.43 Å². The van der Waals surface area contributed by atoms with Crippen LogP contribution < -0.4 is 14.9 Å². The fourth-order valence-electron chi connectivity index (χ4n) is 2.47. The Bertz CT molecular complexity index is 1090. The number of amides is 1. The minimum atomic E-state index is -0.781. The lowest BCUT2D eigenvalue weighted by molar-refractivity contribution is -0.127. The number of esters is 1. The monoisotopic (exact) mass is 500 g/mol. The second-order valence-electron chi connectivity index (χ2n) is 6.39. The first-order valence-corrected chi connectivity index (χ1v) is 10.4. The van der Waals surface area contributed by atoms with Crippen molar-refractivity contribution in [2.75, 3.05) is 0 Å². The van der Waals surface area contributed by atoms with Crippen LogP contribution in [0.3, 0.4) is 0 Å². The number of hydrazone groups is 1. The Kier molecular flexibility index (Phi) is 7.81. The molecule has 1 atom stereocenters. The molecular formula is C23H18BrClN2O4. The highest BCUT2D eigenvalue weighted by atomic mass is 79.9. The smallest absolute Gasteiger partial charge is 0.343 e. The molecule has 3 aromatic carbocycles. The van der Waals surface area contributed by atoms with Gasteiger partial charge in [0, 0.05) is 15.1 Å². The maximum atomic E-state index is 12.3. The number of rotatable bonds is 7. The molecule has 0 heterocycles. The quantitative estimate of drug-likeness (QED) is 0.208. The van der Waals surface area contributed by atoms with E-state index >= 15 is 0 Å². The maximum absolute atomic E-state index is 12.3. The zero-order chi connectivity index (χ0) is 22.2. The van der Waals surface area contributed by atoms with Crippen LogP contribution in [0.1, 0.15) is 22.8 Å². The number of hydrogen-bond donors (Lipinski definition) is 1. The van der Waals surface area contributed by atoms with Gasteiger partial charge in [0.05, 0.1) is 11.8 Å². The van der Waals surface area contributed by atoms with Crippen molar-refractivity contribution in [3.63, 3.8) is 0 Å². The summed E-state index contributed by atoms with van der Waals surface area (Å²) in [5.74, 6) is -0.116. The highest BCUT2D eigenvalue weighted by molar-refractivity contribution is 9.10. The summed E-state index contributed by atoms with van der Waals surface area (Å²) in [5.41, 5.74) is 3.35. The Labute approximate surface area is 193 Å². The first-order valence-electron chi connectivity index (χ1n) is 9.24. The maximum Gasteiger partial charge on any atom is 0.343 e. The Balaban J connectivity index is 1.64. The molecule has 1 N–H and O–H groups in total. The van der Waals surface area contributed by atoms with Crippen molar-refractivity contribution >= 4 is 45.6 Å². The van der Waals surface area contributed by atoms with Crippen LogP contribution in [-0.2, 0) is 4.79 Å². The van der Waals surface area contributed by atoms with E-state index in [1.165, 1.54) is 6.21 Å². The molecule has 0 fully saturated rings. The Morgan fingerprint density at radius 3 is 2.48 bits per heavy atom. The summed E-state index contributed by atoms with van der Waals surface area (Å²) >= 11 is 9.21. The highest BCUT2D eigenvalue weighted by Crippen LogP contribution is 2.23. The van der Waals surface area contributed by atoms with Gasteiger partial charge in [-0.2, -0.15) is 5.10 Å². The molecule has 1 unspecified atom stereocenters. The number of nitrogens with zero attached hydrogens (tertiary/aromatic N) is 1. The van der Waals surface area contributed by atoms with Gasteiger partial charge in [0.1, 0.15) is 11.5 Å². The van der Waals surface area contributed by atoms with Crippen LogP contribution in [-0.4, -0.2) is 24.2 Å². The van der Waals surface area contributed by atoms with E-state index in [4.69, 9.17) is 21.1 Å². The lowest BCUT2D eigenvalue weighted by Crippen LogP contribution is -2.33. The molecule has 6 nitrogen and oxygen atoms in total. The topological polar surface area (TPSA) is 77.0 Å². The van der Waals surface area contributed by atoms with Crippen molar-refractivity contribution in [3.05, 3.63) is 93.4 Å². The lowest BCUT2D eigenvalue weighted by atomic mass is 10.2. The van der Waals surface area contributed by atoms with Crippen molar-refractivity contribution in [1.29, 1.82) is 0 Å². The molecule has 0 aromatic heterocycles. The molecule has 3 aromatic rings. The van der Waals surface area contributed by atoms with Gasteiger partial charge in [-0.25, -0.2) is 10.2 Å². The van der Waals surface area contributed by atoms with Gasteiger partial charge in [-0.1, -0.05) is 45.7 Å². The zero-order valence-corrected chi connectivity index (χ0v) is 18.8. The van der Waals surface area contributed by atoms with Crippen LogP contribution in [0.2, 0.25) is 5.02 Å². The van der Waals surface area contributed by atoms with Gasteiger partial charge in [-0.3, -0.25) is 4.79 Å². The minimum Gasteiger partial charge on any atom is -0.481 e. The van der Waals surface area contributed by atoms with E-state index in [2.05, 4.69) is 26.5 Å². The number of halogens is 2.